The minimum absolute atomic E-state index is 0.176. The van der Waals surface area contributed by atoms with Gasteiger partial charge in [-0.05, 0) is 23.7 Å². The molecular formula is C8H4Cl2O4. The molecule has 1 N–H and O–H groups in total. The van der Waals surface area contributed by atoms with Gasteiger partial charge in [0.25, 0.3) is 5.24 Å². The maximum absolute atomic E-state index is 10.8. The number of ether oxygens (including phenoxy) is 1. The van der Waals surface area contributed by atoms with Crippen LogP contribution in [0.3, 0.4) is 0 Å². The fourth-order valence-corrected chi connectivity index (χ4v) is 1.16. The standard InChI is InChI=1S/C8H4Cl2O4/c9-7(12)6-4(11)2-1-3-5(6)14-8(10)13/h1-3,11H. The summed E-state index contributed by atoms with van der Waals surface area (Å²) >= 11 is 10.1. The summed E-state index contributed by atoms with van der Waals surface area (Å²) in [6.45, 7) is 0. The first kappa shape index (κ1) is 10.8. The molecule has 0 atom stereocenters. The lowest BCUT2D eigenvalue weighted by molar-refractivity contribution is 0.107. The molecule has 14 heavy (non-hydrogen) atoms. The number of rotatable bonds is 2. The van der Waals surface area contributed by atoms with Crippen LogP contribution in [0.15, 0.2) is 18.2 Å². The molecule has 1 aromatic carbocycles. The van der Waals surface area contributed by atoms with Crippen LogP contribution in [0.5, 0.6) is 11.5 Å². The van der Waals surface area contributed by atoms with E-state index in [4.69, 9.17) is 23.2 Å². The van der Waals surface area contributed by atoms with Gasteiger partial charge in [0.1, 0.15) is 17.1 Å². The molecule has 0 saturated carbocycles. The number of phenols is 1. The molecule has 4 nitrogen and oxygen atoms in total. The zero-order valence-corrected chi connectivity index (χ0v) is 8.17. The average molecular weight is 235 g/mol. The van der Waals surface area contributed by atoms with Gasteiger partial charge >= 0.3 is 5.43 Å². The fraction of sp³-hybridized carbons (Fsp3) is 0. The topological polar surface area (TPSA) is 63.6 Å². The molecule has 74 valence electrons. The number of aromatic hydroxyl groups is 1. The molecule has 0 aliphatic heterocycles. The Morgan fingerprint density at radius 2 is 1.93 bits per heavy atom. The summed E-state index contributed by atoms with van der Waals surface area (Å²) in [6, 6.07) is 3.91. The van der Waals surface area contributed by atoms with Crippen molar-refractivity contribution in [2.75, 3.05) is 0 Å². The monoisotopic (exact) mass is 234 g/mol. The zero-order valence-electron chi connectivity index (χ0n) is 6.66. The van der Waals surface area contributed by atoms with Gasteiger partial charge in [0.05, 0.1) is 0 Å². The first-order valence-electron chi connectivity index (χ1n) is 3.41. The number of hydrogen-bond acceptors (Lipinski definition) is 4. The van der Waals surface area contributed by atoms with E-state index in [1.165, 1.54) is 18.2 Å². The highest BCUT2D eigenvalue weighted by Crippen LogP contribution is 2.29. The average Bonchev–Trinajstić information content (AvgIpc) is 2.01. The second kappa shape index (κ2) is 4.30. The van der Waals surface area contributed by atoms with Crippen molar-refractivity contribution >= 4 is 33.9 Å². The molecule has 0 fully saturated rings. The second-order valence-electron chi connectivity index (χ2n) is 2.26. The summed E-state index contributed by atoms with van der Waals surface area (Å²) in [7, 11) is 0. The highest BCUT2D eigenvalue weighted by atomic mass is 35.5. The summed E-state index contributed by atoms with van der Waals surface area (Å²) in [4.78, 5) is 21.2. The highest BCUT2D eigenvalue weighted by molar-refractivity contribution is 6.68. The van der Waals surface area contributed by atoms with Crippen molar-refractivity contribution in [1.29, 1.82) is 0 Å². The third-order valence-electron chi connectivity index (χ3n) is 1.39. The van der Waals surface area contributed by atoms with Crippen LogP contribution in [0.2, 0.25) is 0 Å². The molecule has 0 aliphatic rings. The molecule has 1 rings (SSSR count). The smallest absolute Gasteiger partial charge is 0.409 e. The third-order valence-corrected chi connectivity index (χ3v) is 1.66. The molecule has 0 aliphatic carbocycles. The van der Waals surface area contributed by atoms with E-state index in [2.05, 4.69) is 4.74 Å². The van der Waals surface area contributed by atoms with E-state index in [0.717, 1.165) is 0 Å². The Hall–Kier alpha value is -1.26. The molecule has 0 bridgehead atoms. The quantitative estimate of drug-likeness (QED) is 0.799. The minimum atomic E-state index is -1.12. The minimum Gasteiger partial charge on any atom is -0.507 e. The van der Waals surface area contributed by atoms with Crippen LogP contribution in [0.4, 0.5) is 4.79 Å². The van der Waals surface area contributed by atoms with Crippen LogP contribution in [0.1, 0.15) is 10.4 Å². The molecule has 0 amide bonds. The predicted molar refractivity (Wildman–Crippen MR) is 50.2 cm³/mol. The van der Waals surface area contributed by atoms with Crippen LogP contribution in [0, 0.1) is 0 Å². The largest absolute Gasteiger partial charge is 0.507 e. The lowest BCUT2D eigenvalue weighted by Gasteiger charge is -2.05. The van der Waals surface area contributed by atoms with Gasteiger partial charge in [-0.1, -0.05) is 6.07 Å². The van der Waals surface area contributed by atoms with E-state index in [-0.39, 0.29) is 17.1 Å². The van der Waals surface area contributed by atoms with E-state index in [1.54, 1.807) is 0 Å². The zero-order chi connectivity index (χ0) is 10.7. The van der Waals surface area contributed by atoms with E-state index < -0.39 is 10.7 Å². The number of phenolic OH excluding ortho intramolecular Hbond substituents is 1. The second-order valence-corrected chi connectivity index (χ2v) is 2.92. The van der Waals surface area contributed by atoms with Crippen molar-refractivity contribution in [3.63, 3.8) is 0 Å². The Morgan fingerprint density at radius 1 is 1.29 bits per heavy atom. The van der Waals surface area contributed by atoms with Gasteiger partial charge in [0, 0.05) is 11.6 Å². The molecule has 1 aromatic rings. The summed E-state index contributed by atoms with van der Waals surface area (Å²) in [5.74, 6) is -0.551. The SMILES string of the molecule is O=C(Cl)Oc1cccc(O)c1C(=O)Cl. The van der Waals surface area contributed by atoms with Crippen molar-refractivity contribution in [3.05, 3.63) is 23.8 Å². The van der Waals surface area contributed by atoms with Crippen molar-refractivity contribution in [1.82, 2.24) is 0 Å². The van der Waals surface area contributed by atoms with Crippen LogP contribution in [-0.2, 0) is 0 Å². The number of hydrogen-bond donors (Lipinski definition) is 1. The molecule has 0 unspecified atom stereocenters. The maximum atomic E-state index is 10.8. The van der Waals surface area contributed by atoms with Gasteiger partial charge in [-0.3, -0.25) is 4.79 Å². The molecule has 0 aromatic heterocycles. The third kappa shape index (κ3) is 2.37. The van der Waals surface area contributed by atoms with Crippen LogP contribution in [0.25, 0.3) is 0 Å². The van der Waals surface area contributed by atoms with Gasteiger partial charge in [-0.15, -0.1) is 0 Å². The summed E-state index contributed by atoms with van der Waals surface area (Å²) < 4.78 is 4.45. The molecule has 0 saturated heterocycles. The van der Waals surface area contributed by atoms with Crippen LogP contribution >= 0.6 is 23.2 Å². The Labute approximate surface area is 89.0 Å². The Bertz CT molecular complexity index is 389. The van der Waals surface area contributed by atoms with Gasteiger partial charge in [0.15, 0.2) is 0 Å². The van der Waals surface area contributed by atoms with Gasteiger partial charge in [-0.2, -0.15) is 0 Å². The van der Waals surface area contributed by atoms with Gasteiger partial charge in [0.2, 0.25) is 0 Å². The molecular weight excluding hydrogens is 231 g/mol. The first-order chi connectivity index (χ1) is 6.52. The fourth-order valence-electron chi connectivity index (χ4n) is 0.889. The Morgan fingerprint density at radius 3 is 2.43 bits per heavy atom. The first-order valence-corrected chi connectivity index (χ1v) is 4.17. The van der Waals surface area contributed by atoms with Crippen molar-refractivity contribution in [2.24, 2.45) is 0 Å². The summed E-state index contributed by atoms with van der Waals surface area (Å²) in [5.41, 5.74) is -1.40. The number of halogens is 2. The van der Waals surface area contributed by atoms with E-state index in [9.17, 15) is 14.7 Å². The summed E-state index contributed by atoms with van der Waals surface area (Å²) in [6.07, 6.45) is 0. The number of benzene rings is 1. The predicted octanol–water partition coefficient (Wildman–Crippen LogP) is 2.51. The Kier molecular flexibility index (Phi) is 3.33. The lowest BCUT2D eigenvalue weighted by Crippen LogP contribution is -2.01. The van der Waals surface area contributed by atoms with Gasteiger partial charge < -0.3 is 9.84 Å². The maximum Gasteiger partial charge on any atom is 0.409 e. The Balaban J connectivity index is 3.21. The molecule has 0 radical (unpaired) electrons. The van der Waals surface area contributed by atoms with Crippen LogP contribution in [-0.4, -0.2) is 15.8 Å². The van der Waals surface area contributed by atoms with E-state index >= 15 is 0 Å². The molecule has 6 heteroatoms. The number of carbonyl (C=O) groups excluding carboxylic acids is 2. The highest BCUT2D eigenvalue weighted by Gasteiger charge is 2.16. The normalized spacial score (nSPS) is 9.57. The van der Waals surface area contributed by atoms with Crippen LogP contribution < -0.4 is 4.74 Å². The van der Waals surface area contributed by atoms with Crippen molar-refractivity contribution in [3.8, 4) is 11.5 Å². The molecule has 0 spiro atoms. The molecule has 0 heterocycles. The van der Waals surface area contributed by atoms with Gasteiger partial charge in [-0.25, -0.2) is 4.79 Å². The van der Waals surface area contributed by atoms with E-state index in [0.29, 0.717) is 0 Å². The van der Waals surface area contributed by atoms with E-state index in [1.807, 2.05) is 0 Å². The number of carbonyl (C=O) groups is 2. The summed E-state index contributed by atoms with van der Waals surface area (Å²) in [5, 5.41) is 8.30. The lowest BCUT2D eigenvalue weighted by atomic mass is 10.2. The van der Waals surface area contributed by atoms with Crippen molar-refractivity contribution in [2.45, 2.75) is 0 Å². The van der Waals surface area contributed by atoms with Crippen molar-refractivity contribution < 1.29 is 19.4 Å².